The first-order valence-corrected chi connectivity index (χ1v) is 9.75. The normalized spacial score (nSPS) is 13.8. The van der Waals surface area contributed by atoms with Gasteiger partial charge in [-0.1, -0.05) is 30.3 Å². The van der Waals surface area contributed by atoms with Gasteiger partial charge in [-0.05, 0) is 51.3 Å². The maximum absolute atomic E-state index is 13.1. The van der Waals surface area contributed by atoms with Crippen LogP contribution in [0.15, 0.2) is 53.1 Å². The molecule has 1 N–H and O–H groups in total. The van der Waals surface area contributed by atoms with Gasteiger partial charge in [0.15, 0.2) is 0 Å². The Balaban J connectivity index is 1.72. The number of nitrogens with zero attached hydrogens (tertiary/aromatic N) is 2. The molecule has 1 fully saturated rings. The van der Waals surface area contributed by atoms with Crippen LogP contribution in [0.2, 0.25) is 0 Å². The molecule has 6 nitrogen and oxygen atoms in total. The lowest BCUT2D eigenvalue weighted by molar-refractivity contribution is -0.133. The molecule has 0 saturated heterocycles. The molecular weight excluding hydrogens is 354 g/mol. The lowest BCUT2D eigenvalue weighted by atomic mass is 10.1. The van der Waals surface area contributed by atoms with Crippen molar-refractivity contribution in [3.05, 3.63) is 60.1 Å². The van der Waals surface area contributed by atoms with Gasteiger partial charge in [0.05, 0.1) is 12.8 Å². The first-order chi connectivity index (χ1) is 13.3. The lowest BCUT2D eigenvalue weighted by Gasteiger charge is -2.30. The van der Waals surface area contributed by atoms with Gasteiger partial charge in [-0.15, -0.1) is 0 Å². The fourth-order valence-corrected chi connectivity index (χ4v) is 3.02. The quantitative estimate of drug-likeness (QED) is 0.791. The third-order valence-electron chi connectivity index (χ3n) is 4.53. The minimum absolute atomic E-state index is 0.0696. The zero-order chi connectivity index (χ0) is 20.1. The predicted molar refractivity (Wildman–Crippen MR) is 107 cm³/mol. The summed E-state index contributed by atoms with van der Waals surface area (Å²) in [4.78, 5) is 29.3. The van der Waals surface area contributed by atoms with Crippen LogP contribution in [0.3, 0.4) is 0 Å². The second kappa shape index (κ2) is 8.50. The van der Waals surface area contributed by atoms with E-state index in [9.17, 15) is 9.59 Å². The first-order valence-electron chi connectivity index (χ1n) is 9.75. The number of furan rings is 1. The molecule has 1 aromatic carbocycles. The highest BCUT2D eigenvalue weighted by atomic mass is 16.3. The smallest absolute Gasteiger partial charge is 0.318 e. The van der Waals surface area contributed by atoms with Crippen molar-refractivity contribution in [2.45, 2.75) is 58.3 Å². The minimum atomic E-state index is -0.342. The number of amides is 3. The predicted octanol–water partition coefficient (Wildman–Crippen LogP) is 3.78. The van der Waals surface area contributed by atoms with Crippen LogP contribution in [-0.2, 0) is 17.9 Å². The average molecular weight is 383 g/mol. The lowest BCUT2D eigenvalue weighted by Crippen LogP contribution is -2.52. The third-order valence-corrected chi connectivity index (χ3v) is 4.53. The zero-order valence-electron chi connectivity index (χ0n) is 16.9. The van der Waals surface area contributed by atoms with Crippen LogP contribution in [0, 0.1) is 0 Å². The van der Waals surface area contributed by atoms with Gasteiger partial charge in [0.2, 0.25) is 5.91 Å². The zero-order valence-corrected chi connectivity index (χ0v) is 16.9. The van der Waals surface area contributed by atoms with Crippen molar-refractivity contribution in [3.8, 4) is 0 Å². The van der Waals surface area contributed by atoms with Crippen molar-refractivity contribution in [3.63, 3.8) is 0 Å². The third kappa shape index (κ3) is 5.87. The molecule has 0 aliphatic heterocycles. The summed E-state index contributed by atoms with van der Waals surface area (Å²) in [6, 6.07) is 13.5. The van der Waals surface area contributed by atoms with Crippen LogP contribution in [0.25, 0.3) is 0 Å². The Kier molecular flexibility index (Phi) is 6.07. The fourth-order valence-electron chi connectivity index (χ4n) is 3.02. The van der Waals surface area contributed by atoms with Crippen molar-refractivity contribution in [1.29, 1.82) is 0 Å². The summed E-state index contributed by atoms with van der Waals surface area (Å²) in [6.45, 7) is 6.74. The molecule has 1 heterocycles. The van der Waals surface area contributed by atoms with Gasteiger partial charge in [0, 0.05) is 18.1 Å². The minimum Gasteiger partial charge on any atom is -0.467 e. The van der Waals surface area contributed by atoms with Crippen molar-refractivity contribution >= 4 is 11.9 Å². The van der Waals surface area contributed by atoms with E-state index in [0.29, 0.717) is 13.1 Å². The Morgan fingerprint density at radius 1 is 1.07 bits per heavy atom. The van der Waals surface area contributed by atoms with E-state index >= 15 is 0 Å². The molecule has 0 unspecified atom stereocenters. The Bertz CT molecular complexity index is 777. The van der Waals surface area contributed by atoms with E-state index in [1.54, 1.807) is 16.1 Å². The summed E-state index contributed by atoms with van der Waals surface area (Å²) in [6.07, 6.45) is 3.50. The van der Waals surface area contributed by atoms with E-state index in [0.717, 1.165) is 24.2 Å². The Morgan fingerprint density at radius 2 is 1.79 bits per heavy atom. The van der Waals surface area contributed by atoms with Crippen LogP contribution in [0.5, 0.6) is 0 Å². The Morgan fingerprint density at radius 3 is 2.36 bits per heavy atom. The highest BCUT2D eigenvalue weighted by Crippen LogP contribution is 2.27. The summed E-state index contributed by atoms with van der Waals surface area (Å²) < 4.78 is 5.44. The number of urea groups is 1. The first kappa shape index (κ1) is 20.0. The van der Waals surface area contributed by atoms with Gasteiger partial charge in [-0.2, -0.15) is 0 Å². The van der Waals surface area contributed by atoms with Gasteiger partial charge in [-0.25, -0.2) is 4.79 Å². The number of nitrogens with one attached hydrogen (secondary N) is 1. The van der Waals surface area contributed by atoms with Crippen molar-refractivity contribution in [1.82, 2.24) is 15.1 Å². The van der Waals surface area contributed by atoms with Gasteiger partial charge in [-0.3, -0.25) is 4.79 Å². The summed E-state index contributed by atoms with van der Waals surface area (Å²) >= 11 is 0. The number of hydrogen-bond donors (Lipinski definition) is 1. The topological polar surface area (TPSA) is 65.8 Å². The molecule has 0 spiro atoms. The fraction of sp³-hybridized carbons (Fsp3) is 0.455. The van der Waals surface area contributed by atoms with Crippen molar-refractivity contribution in [2.75, 3.05) is 6.54 Å². The molecular formula is C22H29N3O3. The monoisotopic (exact) mass is 383 g/mol. The van der Waals surface area contributed by atoms with Gasteiger partial charge in [0.1, 0.15) is 12.3 Å². The second-order valence-electron chi connectivity index (χ2n) is 8.35. The van der Waals surface area contributed by atoms with E-state index in [-0.39, 0.29) is 30.1 Å². The molecule has 1 aliphatic rings. The molecule has 0 radical (unpaired) electrons. The van der Waals surface area contributed by atoms with Crippen LogP contribution in [-0.4, -0.2) is 39.9 Å². The van der Waals surface area contributed by atoms with E-state index in [2.05, 4.69) is 5.32 Å². The summed E-state index contributed by atoms with van der Waals surface area (Å²) in [7, 11) is 0. The standard InChI is InChI=1S/C22H29N3O3/c1-22(2,3)23-21(27)25(18-11-12-18)16-20(26)24(15-19-10-7-13-28-19)14-17-8-5-4-6-9-17/h4-10,13,18H,11-12,14-16H2,1-3H3,(H,23,27). The number of rotatable bonds is 7. The molecule has 1 aromatic heterocycles. The maximum atomic E-state index is 13.1. The largest absolute Gasteiger partial charge is 0.467 e. The summed E-state index contributed by atoms with van der Waals surface area (Å²) in [5.74, 6) is 0.637. The Hall–Kier alpha value is -2.76. The number of hydrogen-bond acceptors (Lipinski definition) is 3. The van der Waals surface area contributed by atoms with Crippen molar-refractivity contribution < 1.29 is 14.0 Å². The summed E-state index contributed by atoms with van der Waals surface area (Å²) in [5.41, 5.74) is 0.699. The molecule has 0 atom stereocenters. The second-order valence-corrected chi connectivity index (χ2v) is 8.35. The van der Waals surface area contributed by atoms with Crippen LogP contribution in [0.1, 0.15) is 44.9 Å². The van der Waals surface area contributed by atoms with Crippen LogP contribution >= 0.6 is 0 Å². The molecule has 150 valence electrons. The molecule has 0 bridgehead atoms. The molecule has 3 amide bonds. The number of carbonyl (C=O) groups excluding carboxylic acids is 2. The molecule has 1 aliphatic carbocycles. The highest BCUT2D eigenvalue weighted by Gasteiger charge is 2.36. The van der Waals surface area contributed by atoms with E-state index in [1.165, 1.54) is 0 Å². The molecule has 3 rings (SSSR count). The SMILES string of the molecule is CC(C)(C)NC(=O)N(CC(=O)N(Cc1ccccc1)Cc1ccco1)C1CC1. The maximum Gasteiger partial charge on any atom is 0.318 e. The number of carbonyl (C=O) groups is 2. The van der Waals surface area contributed by atoms with E-state index in [1.807, 2.05) is 63.2 Å². The number of benzene rings is 1. The molecule has 2 aromatic rings. The van der Waals surface area contributed by atoms with Gasteiger partial charge in [0.25, 0.3) is 0 Å². The van der Waals surface area contributed by atoms with E-state index < -0.39 is 0 Å². The molecule has 1 saturated carbocycles. The van der Waals surface area contributed by atoms with Crippen LogP contribution in [0.4, 0.5) is 4.79 Å². The molecule has 28 heavy (non-hydrogen) atoms. The average Bonchev–Trinajstić information content (AvgIpc) is 3.34. The highest BCUT2D eigenvalue weighted by molar-refractivity contribution is 5.84. The van der Waals surface area contributed by atoms with E-state index in [4.69, 9.17) is 4.42 Å². The molecule has 6 heteroatoms. The van der Waals surface area contributed by atoms with Crippen LogP contribution < -0.4 is 5.32 Å². The van der Waals surface area contributed by atoms with Gasteiger partial charge >= 0.3 is 6.03 Å². The van der Waals surface area contributed by atoms with Gasteiger partial charge < -0.3 is 19.5 Å². The van der Waals surface area contributed by atoms with Crippen molar-refractivity contribution in [2.24, 2.45) is 0 Å². The Labute approximate surface area is 166 Å². The summed E-state index contributed by atoms with van der Waals surface area (Å²) in [5, 5.41) is 2.98.